The van der Waals surface area contributed by atoms with Crippen LogP contribution in [0, 0.1) is 6.92 Å². The monoisotopic (exact) mass is 1940 g/mol. The number of oxazole rings is 4. The molecular formula is C117H122B6N9O8P3. The van der Waals surface area contributed by atoms with Gasteiger partial charge in [-0.3, -0.25) is 0 Å². The fourth-order valence-electron chi connectivity index (χ4n) is 15.9. The molecule has 4 aromatic heterocycles. The summed E-state index contributed by atoms with van der Waals surface area (Å²) in [7, 11) is 4.09. The Morgan fingerprint density at radius 1 is 0.413 bits per heavy atom. The molecule has 4 atom stereocenters. The minimum absolute atomic E-state index is 0.00747. The van der Waals surface area contributed by atoms with Crippen LogP contribution in [0.3, 0.4) is 0 Å². The van der Waals surface area contributed by atoms with E-state index in [9.17, 15) is 4.57 Å². The van der Waals surface area contributed by atoms with Crippen LogP contribution in [0.2, 0.25) is 12.1 Å². The van der Waals surface area contributed by atoms with Crippen molar-refractivity contribution < 1.29 is 36.9 Å². The van der Waals surface area contributed by atoms with Crippen molar-refractivity contribution in [2.24, 2.45) is 5.06 Å². The first-order valence-corrected chi connectivity index (χ1v) is 54.1. The van der Waals surface area contributed by atoms with Crippen molar-refractivity contribution in [2.75, 3.05) is 13.2 Å². The minimum atomic E-state index is -2.37. The fraction of sp³-hybridized carbons (Fsp3) is 0.162. The first kappa shape index (κ1) is 104. The normalized spacial score (nSPS) is 13.3. The number of hydrogen-bond donors (Lipinski definition) is 5. The number of allylic oxidation sites excluding steroid dienone is 11. The van der Waals surface area contributed by atoms with Gasteiger partial charge in [0, 0.05) is 38.9 Å². The molecule has 0 fully saturated rings. The summed E-state index contributed by atoms with van der Waals surface area (Å²) in [6.07, 6.45) is 41.6. The van der Waals surface area contributed by atoms with E-state index in [0.717, 1.165) is 125 Å². The van der Waals surface area contributed by atoms with Crippen LogP contribution in [-0.2, 0) is 4.57 Å². The van der Waals surface area contributed by atoms with Gasteiger partial charge in [-0.1, -0.05) is 313 Å². The van der Waals surface area contributed by atoms with Gasteiger partial charge in [0.15, 0.2) is 17.3 Å². The van der Waals surface area contributed by atoms with E-state index in [-0.39, 0.29) is 20.5 Å². The SMILES string of the molecule is C1=CCB(c2cc(B3C=CC=CN3)cc(B3C=CC=CN3)c2)C=C1.CCC(C)B1C=CC=CN1.CCC(C)c1ccccc1.CCCCOc1ccc(-c2cnc(-c3ccc(-c4ncc(-c5ccc(C)cc5)o4)cc3)o2)cc1.CCCCOc1ccc(-c2cnc(-c3ccc(-c4ncc(B5C=CC(C)=CN5)o4)cc3)o2)cc1.O=P(P)(P)B=NO.c1ccc(-c2cc(-c3ccccc3)cc(-c3ccccc3)c2)cc1. The maximum absolute atomic E-state index is 10.4. The van der Waals surface area contributed by atoms with E-state index in [2.05, 4.69) is 337 Å². The summed E-state index contributed by atoms with van der Waals surface area (Å²) in [5.41, 5.74) is 22.6. The van der Waals surface area contributed by atoms with E-state index in [0.29, 0.717) is 48.8 Å². The van der Waals surface area contributed by atoms with Crippen molar-refractivity contribution in [3.63, 3.8) is 0 Å². The number of aryl methyl sites for hydroxylation is 1. The average Bonchev–Trinajstić information content (AvgIpc) is 1.70. The zero-order valence-corrected chi connectivity index (χ0v) is 85.7. The van der Waals surface area contributed by atoms with E-state index in [4.69, 9.17) is 32.3 Å². The van der Waals surface area contributed by atoms with Gasteiger partial charge >= 0.3 is 66.4 Å². The molecule has 5 aliphatic rings. The van der Waals surface area contributed by atoms with Crippen molar-refractivity contribution in [3.05, 3.63) is 436 Å². The zero-order chi connectivity index (χ0) is 99.8. The molecule has 0 aliphatic carbocycles. The topological polar surface area (TPSA) is 220 Å². The van der Waals surface area contributed by atoms with Gasteiger partial charge in [-0.2, -0.15) is 0 Å². The maximum atomic E-state index is 10.4. The summed E-state index contributed by atoms with van der Waals surface area (Å²) in [5.74, 6) is 18.7. The minimum Gasteiger partial charge on any atom is -0.0622 e. The predicted octanol–water partition coefficient (Wildman–Crippen LogP) is 27.3. The Bertz CT molecular complexity index is 6650. The molecule has 5 aliphatic heterocycles. The summed E-state index contributed by atoms with van der Waals surface area (Å²) >= 11 is 0. The number of nitrogens with one attached hydrogen (secondary N) is 4. The number of unbranched alkanes of at least 4 members (excludes halogenated alkanes) is 2. The van der Waals surface area contributed by atoms with Crippen molar-refractivity contribution >= 4 is 87.2 Å². The summed E-state index contributed by atoms with van der Waals surface area (Å²) < 4.78 is 45.9. The molecule has 0 radical (unpaired) electrons. The first-order valence-electron chi connectivity index (χ1n) is 49.1. The van der Waals surface area contributed by atoms with Gasteiger partial charge in [0.05, 0.1) is 38.0 Å². The van der Waals surface area contributed by atoms with Crippen molar-refractivity contribution in [3.8, 4) is 125 Å². The van der Waals surface area contributed by atoms with Crippen molar-refractivity contribution in [2.45, 2.75) is 112 Å². The van der Waals surface area contributed by atoms with Gasteiger partial charge in [0.1, 0.15) is 17.2 Å². The number of ether oxygens (including phenoxy) is 2. The van der Waals surface area contributed by atoms with Crippen LogP contribution in [0.1, 0.15) is 104 Å². The molecule has 11 aromatic carbocycles. The summed E-state index contributed by atoms with van der Waals surface area (Å²) in [4.78, 5) is 17.8. The van der Waals surface area contributed by atoms with Crippen LogP contribution < -0.4 is 52.4 Å². The smallest absolute Gasteiger partial charge is 0.0172 e. The zero-order valence-electron chi connectivity index (χ0n) is 82.5. The second-order valence-electron chi connectivity index (χ2n) is 35.3. The molecule has 716 valence electrons. The van der Waals surface area contributed by atoms with E-state index < -0.39 is 6.40 Å². The van der Waals surface area contributed by atoms with E-state index in [1.54, 1.807) is 24.8 Å². The van der Waals surface area contributed by atoms with Crippen molar-refractivity contribution in [1.82, 2.24) is 40.8 Å². The van der Waals surface area contributed by atoms with Crippen LogP contribution in [0.5, 0.6) is 11.5 Å². The van der Waals surface area contributed by atoms with Crippen LogP contribution in [0.15, 0.2) is 448 Å². The molecule has 0 bridgehead atoms. The quantitative estimate of drug-likeness (QED) is 0.0140. The molecule has 143 heavy (non-hydrogen) atoms. The molecule has 4 unspecified atom stereocenters. The number of rotatable bonds is 27. The van der Waals surface area contributed by atoms with Crippen LogP contribution >= 0.6 is 24.3 Å². The summed E-state index contributed by atoms with van der Waals surface area (Å²) in [6, 6.07) is 95.9. The Hall–Kier alpha value is -14.5. The third-order valence-electron chi connectivity index (χ3n) is 24.5. The second-order valence-corrected chi connectivity index (χ2v) is 43.7. The van der Waals surface area contributed by atoms with Gasteiger partial charge in [0.2, 0.25) is 30.3 Å². The van der Waals surface area contributed by atoms with Crippen molar-refractivity contribution in [1.29, 1.82) is 0 Å². The number of nitrogens with zero attached hydrogens (tertiary/aromatic N) is 5. The van der Waals surface area contributed by atoms with Gasteiger partial charge < -0.3 is 48.1 Å². The Balaban J connectivity index is 0.000000140. The maximum Gasteiger partial charge on any atom is -0.0172 e. The van der Waals surface area contributed by atoms with Gasteiger partial charge in [-0.05, 0) is 254 Å². The fourth-order valence-corrected chi connectivity index (χ4v) is 16.4. The molecule has 0 spiro atoms. The van der Waals surface area contributed by atoms with Crippen LogP contribution in [0.4, 0.5) is 0 Å². The predicted molar refractivity (Wildman–Crippen MR) is 608 cm³/mol. The molecule has 0 saturated carbocycles. The van der Waals surface area contributed by atoms with E-state index >= 15 is 0 Å². The molecule has 9 heterocycles. The largest absolute Gasteiger partial charge is 0.0622 e. The van der Waals surface area contributed by atoms with Gasteiger partial charge in [-0.15, -0.1) is 5.98 Å². The molecule has 20 rings (SSSR count). The summed E-state index contributed by atoms with van der Waals surface area (Å²) in [6.45, 7) is 21.3. The average molecular weight is 1940 g/mol. The third-order valence-corrected chi connectivity index (χ3v) is 25.8. The van der Waals surface area contributed by atoms with E-state index in [1.807, 2.05) is 177 Å². The Labute approximate surface area is 850 Å². The van der Waals surface area contributed by atoms with Gasteiger partial charge in [-0.25, -0.2) is 19.9 Å². The number of hydrogen-bond acceptors (Lipinski definition) is 17. The summed E-state index contributed by atoms with van der Waals surface area (Å²) in [5, 5.41) is 23.8. The van der Waals surface area contributed by atoms with E-state index in [1.165, 1.54) is 79.3 Å². The molecule has 0 amide bonds. The molecular weight excluding hydrogens is 1820 g/mol. The Morgan fingerprint density at radius 2 is 0.811 bits per heavy atom. The number of benzene rings is 11. The van der Waals surface area contributed by atoms with Gasteiger partial charge in [0.25, 0.3) is 6.85 Å². The Kier molecular flexibility index (Phi) is 39.8. The standard InChI is InChI=1S/C29H26N2O3.C27H26BN3O3.C24H18.C19H19B3N2.C10H14.C8H14BN.BH5NO2P3/c1-3-4-17-32-25-15-13-22(14-16-25)27-19-31-29(34-27)24-11-9-23(10-12-24)28-30-18-26(33-28)21-7-5-20(2)6-8-21;1-3-4-15-32-23-11-9-20(10-12-23)24-17-29-26(33-24)21-5-7-22(8-6-21)27-30-18-25(34-27)28-14-13-19(2)16-31-28;1-4-10-19(11-5-1)22-16-23(20-12-6-2-7-13-20)18-24(17-22)21-14-8-3-9-15-21;1-2-8-20(9-3-1)17-14-18(21-10-4-6-12-23-21)16-19(15-17)22-11-5-7-13-24-22;1-3-9(2)10-7-5-4-6-8-10;1-3-8(2)9-6-4-5-7-10-9;3-2-1-7(4,5)6/h5-16,18-19H,3-4,17H2,1-2H3;5-14,16-18,31H,3-4,15H2,1-2H3;1-18H;1-8,10-16,23-24H,9H2;4-9H,3H2,1-2H3;4-8,10H,3H2,1-2H3;3H,5-6H2. The first-order chi connectivity index (χ1) is 69.9. The molecule has 5 N–H and O–H groups in total. The second kappa shape index (κ2) is 54.5. The molecule has 26 heteroatoms. The number of aromatic nitrogens is 4. The van der Waals surface area contributed by atoms with Crippen LogP contribution in [-0.4, -0.2) is 79.3 Å². The molecule has 0 saturated heterocycles. The molecule has 15 aromatic rings. The van der Waals surface area contributed by atoms with Crippen LogP contribution in [0.25, 0.3) is 113 Å². The Morgan fingerprint density at radius 3 is 1.17 bits per heavy atom. The third kappa shape index (κ3) is 31.8. The molecule has 17 nitrogen and oxygen atoms in total.